The van der Waals surface area contributed by atoms with Crippen molar-refractivity contribution in [3.63, 3.8) is 0 Å². The van der Waals surface area contributed by atoms with E-state index in [0.717, 1.165) is 23.4 Å². The second kappa shape index (κ2) is 6.23. The highest BCUT2D eigenvalue weighted by atomic mass is 16.5. The molecule has 106 valence electrons. The number of carbonyl (C=O) groups excluding carboxylic acids is 1. The molecule has 0 fully saturated rings. The summed E-state index contributed by atoms with van der Waals surface area (Å²) < 4.78 is 6.70. The van der Waals surface area contributed by atoms with Crippen LogP contribution in [0.5, 0.6) is 5.75 Å². The second-order valence-corrected chi connectivity index (χ2v) is 4.65. The number of nitrogens with zero attached hydrogens (tertiary/aromatic N) is 2. The van der Waals surface area contributed by atoms with E-state index in [1.54, 1.807) is 24.9 Å². The zero-order valence-corrected chi connectivity index (χ0v) is 12.0. The summed E-state index contributed by atoms with van der Waals surface area (Å²) in [4.78, 5) is 12.0. The van der Waals surface area contributed by atoms with Crippen molar-refractivity contribution in [3.05, 3.63) is 47.3 Å². The van der Waals surface area contributed by atoms with E-state index in [1.807, 2.05) is 31.2 Å². The first-order chi connectivity index (χ1) is 9.60. The van der Waals surface area contributed by atoms with Gasteiger partial charge >= 0.3 is 0 Å². The van der Waals surface area contributed by atoms with Crippen molar-refractivity contribution in [2.75, 3.05) is 13.7 Å². The normalized spacial score (nSPS) is 10.3. The lowest BCUT2D eigenvalue weighted by atomic mass is 10.1. The Labute approximate surface area is 118 Å². The Kier molecular flexibility index (Phi) is 4.40. The van der Waals surface area contributed by atoms with E-state index in [9.17, 15) is 4.79 Å². The van der Waals surface area contributed by atoms with Crippen LogP contribution in [0, 0.1) is 6.92 Å². The zero-order chi connectivity index (χ0) is 14.5. The second-order valence-electron chi connectivity index (χ2n) is 4.65. The number of benzene rings is 1. The van der Waals surface area contributed by atoms with Gasteiger partial charge in [-0.1, -0.05) is 12.1 Å². The molecular formula is C15H19N3O2. The summed E-state index contributed by atoms with van der Waals surface area (Å²) in [6, 6.07) is 9.62. The molecule has 1 heterocycles. The van der Waals surface area contributed by atoms with Crippen LogP contribution in [-0.2, 0) is 13.5 Å². The van der Waals surface area contributed by atoms with Gasteiger partial charge in [-0.2, -0.15) is 5.10 Å². The third-order valence-electron chi connectivity index (χ3n) is 3.09. The number of ether oxygens (including phenoxy) is 1. The first-order valence-electron chi connectivity index (χ1n) is 6.52. The molecule has 5 nitrogen and oxygen atoms in total. The molecule has 0 unspecified atom stereocenters. The summed E-state index contributed by atoms with van der Waals surface area (Å²) in [7, 11) is 3.41. The number of carbonyl (C=O) groups is 1. The molecule has 0 spiro atoms. The minimum absolute atomic E-state index is 0.0957. The highest BCUT2D eigenvalue weighted by Gasteiger charge is 2.10. The fraction of sp³-hybridized carbons (Fsp3) is 0.333. The number of amides is 1. The average Bonchev–Trinajstić information content (AvgIpc) is 2.78. The van der Waals surface area contributed by atoms with E-state index in [1.165, 1.54) is 0 Å². The molecule has 1 aromatic heterocycles. The molecule has 1 N–H and O–H groups in total. The SMILES string of the molecule is COc1ccc(CCNC(=O)c2cc(C)nn2C)cc1. The smallest absolute Gasteiger partial charge is 0.269 e. The minimum atomic E-state index is -0.0957. The van der Waals surface area contributed by atoms with E-state index < -0.39 is 0 Å². The summed E-state index contributed by atoms with van der Waals surface area (Å²) in [5.41, 5.74) is 2.58. The third kappa shape index (κ3) is 3.38. The lowest BCUT2D eigenvalue weighted by Crippen LogP contribution is -2.27. The molecule has 0 saturated heterocycles. The molecule has 1 amide bonds. The fourth-order valence-electron chi connectivity index (χ4n) is 2.03. The van der Waals surface area contributed by atoms with Crippen LogP contribution in [0.4, 0.5) is 0 Å². The number of methoxy groups -OCH3 is 1. The van der Waals surface area contributed by atoms with Gasteiger partial charge in [-0.05, 0) is 37.1 Å². The Morgan fingerprint density at radius 2 is 2.05 bits per heavy atom. The molecule has 20 heavy (non-hydrogen) atoms. The molecular weight excluding hydrogens is 254 g/mol. The van der Waals surface area contributed by atoms with E-state index in [-0.39, 0.29) is 5.91 Å². The van der Waals surface area contributed by atoms with Crippen molar-refractivity contribution in [1.82, 2.24) is 15.1 Å². The van der Waals surface area contributed by atoms with Crippen LogP contribution in [0.25, 0.3) is 0 Å². The van der Waals surface area contributed by atoms with E-state index >= 15 is 0 Å². The predicted octanol–water partition coefficient (Wildman–Crippen LogP) is 1.71. The summed E-state index contributed by atoms with van der Waals surface area (Å²) in [6.45, 7) is 2.46. The van der Waals surface area contributed by atoms with Crippen LogP contribution in [0.2, 0.25) is 0 Å². The minimum Gasteiger partial charge on any atom is -0.497 e. The maximum Gasteiger partial charge on any atom is 0.269 e. The van der Waals surface area contributed by atoms with E-state index in [2.05, 4.69) is 10.4 Å². The Hall–Kier alpha value is -2.30. The van der Waals surface area contributed by atoms with Gasteiger partial charge in [0.25, 0.3) is 5.91 Å². The number of rotatable bonds is 5. The molecule has 0 atom stereocenters. The maximum absolute atomic E-state index is 12.0. The molecule has 0 saturated carbocycles. The van der Waals surface area contributed by atoms with Gasteiger partial charge in [0, 0.05) is 13.6 Å². The molecule has 0 aliphatic rings. The Bertz CT molecular complexity index is 588. The van der Waals surface area contributed by atoms with E-state index in [0.29, 0.717) is 12.2 Å². The molecule has 0 aliphatic heterocycles. The summed E-state index contributed by atoms with van der Waals surface area (Å²) >= 11 is 0. The van der Waals surface area contributed by atoms with Crippen molar-refractivity contribution in [2.45, 2.75) is 13.3 Å². The molecule has 2 aromatic rings. The van der Waals surface area contributed by atoms with Crippen LogP contribution in [-0.4, -0.2) is 29.3 Å². The molecule has 2 rings (SSSR count). The molecule has 0 bridgehead atoms. The van der Waals surface area contributed by atoms with Gasteiger partial charge < -0.3 is 10.1 Å². The van der Waals surface area contributed by atoms with Gasteiger partial charge in [0.15, 0.2) is 0 Å². The van der Waals surface area contributed by atoms with Gasteiger partial charge in [-0.25, -0.2) is 0 Å². The van der Waals surface area contributed by atoms with Crippen LogP contribution >= 0.6 is 0 Å². The largest absolute Gasteiger partial charge is 0.497 e. The van der Waals surface area contributed by atoms with Gasteiger partial charge in [-0.15, -0.1) is 0 Å². The van der Waals surface area contributed by atoms with Crippen LogP contribution in [0.3, 0.4) is 0 Å². The third-order valence-corrected chi connectivity index (χ3v) is 3.09. The van der Waals surface area contributed by atoms with Crippen molar-refractivity contribution < 1.29 is 9.53 Å². The van der Waals surface area contributed by atoms with Gasteiger partial charge in [0.05, 0.1) is 12.8 Å². The number of hydrogen-bond donors (Lipinski definition) is 1. The zero-order valence-electron chi connectivity index (χ0n) is 12.0. The van der Waals surface area contributed by atoms with Crippen LogP contribution < -0.4 is 10.1 Å². The Morgan fingerprint density at radius 1 is 1.35 bits per heavy atom. The molecule has 0 radical (unpaired) electrons. The molecule has 5 heteroatoms. The highest BCUT2D eigenvalue weighted by Crippen LogP contribution is 2.11. The first kappa shape index (κ1) is 14.1. The number of nitrogens with one attached hydrogen (secondary N) is 1. The number of aryl methyl sites for hydroxylation is 2. The lowest BCUT2D eigenvalue weighted by Gasteiger charge is -2.06. The highest BCUT2D eigenvalue weighted by molar-refractivity contribution is 5.92. The standard InChI is InChI=1S/C15H19N3O2/c1-11-10-14(18(2)17-11)15(19)16-9-8-12-4-6-13(20-3)7-5-12/h4-7,10H,8-9H2,1-3H3,(H,16,19). The van der Waals surface area contributed by atoms with Gasteiger partial charge in [-0.3, -0.25) is 9.48 Å². The fourth-order valence-corrected chi connectivity index (χ4v) is 2.03. The number of hydrogen-bond acceptors (Lipinski definition) is 3. The first-order valence-corrected chi connectivity index (χ1v) is 6.52. The Balaban J connectivity index is 1.86. The predicted molar refractivity (Wildman–Crippen MR) is 77.0 cm³/mol. The van der Waals surface area contributed by atoms with Crippen molar-refractivity contribution in [1.29, 1.82) is 0 Å². The lowest BCUT2D eigenvalue weighted by molar-refractivity contribution is 0.0944. The maximum atomic E-state index is 12.0. The van der Waals surface area contributed by atoms with Crippen molar-refractivity contribution >= 4 is 5.91 Å². The van der Waals surface area contributed by atoms with Crippen molar-refractivity contribution in [2.24, 2.45) is 7.05 Å². The van der Waals surface area contributed by atoms with E-state index in [4.69, 9.17) is 4.74 Å². The quantitative estimate of drug-likeness (QED) is 0.902. The topological polar surface area (TPSA) is 56.1 Å². The monoisotopic (exact) mass is 273 g/mol. The Morgan fingerprint density at radius 3 is 2.60 bits per heavy atom. The van der Waals surface area contributed by atoms with Gasteiger partial charge in [0.1, 0.15) is 11.4 Å². The summed E-state index contributed by atoms with van der Waals surface area (Å²) in [5.74, 6) is 0.741. The number of aromatic nitrogens is 2. The molecule has 1 aromatic carbocycles. The van der Waals surface area contributed by atoms with Crippen LogP contribution in [0.1, 0.15) is 21.7 Å². The summed E-state index contributed by atoms with van der Waals surface area (Å²) in [6.07, 6.45) is 0.784. The molecule has 0 aliphatic carbocycles. The van der Waals surface area contributed by atoms with Gasteiger partial charge in [0.2, 0.25) is 0 Å². The van der Waals surface area contributed by atoms with Crippen LogP contribution in [0.15, 0.2) is 30.3 Å². The summed E-state index contributed by atoms with van der Waals surface area (Å²) in [5, 5.41) is 7.06. The average molecular weight is 273 g/mol. The van der Waals surface area contributed by atoms with Crippen molar-refractivity contribution in [3.8, 4) is 5.75 Å².